The van der Waals surface area contributed by atoms with Crippen LogP contribution in [0.3, 0.4) is 0 Å². The SMILES string of the molecule is CCC(NCc1cccc(C(F)F)c1)c1cccs1. The molecule has 1 heterocycles. The minimum atomic E-state index is -2.40. The summed E-state index contributed by atoms with van der Waals surface area (Å²) in [6.07, 6.45) is -1.42. The van der Waals surface area contributed by atoms with Crippen LogP contribution in [-0.2, 0) is 6.54 Å². The highest BCUT2D eigenvalue weighted by atomic mass is 32.1. The number of hydrogen-bond donors (Lipinski definition) is 1. The van der Waals surface area contributed by atoms with Gasteiger partial charge in [-0.15, -0.1) is 11.3 Å². The Morgan fingerprint density at radius 3 is 2.68 bits per heavy atom. The maximum Gasteiger partial charge on any atom is 0.263 e. The normalized spacial score (nSPS) is 12.8. The van der Waals surface area contributed by atoms with Crippen molar-refractivity contribution in [3.8, 4) is 0 Å². The molecule has 0 radical (unpaired) electrons. The molecule has 102 valence electrons. The molecule has 0 fully saturated rings. The Morgan fingerprint density at radius 1 is 1.21 bits per heavy atom. The highest BCUT2D eigenvalue weighted by molar-refractivity contribution is 7.10. The summed E-state index contributed by atoms with van der Waals surface area (Å²) in [6, 6.07) is 11.0. The molecule has 0 bridgehead atoms. The molecule has 4 heteroatoms. The van der Waals surface area contributed by atoms with Crippen LogP contribution in [0.4, 0.5) is 8.78 Å². The van der Waals surface area contributed by atoms with E-state index in [-0.39, 0.29) is 11.6 Å². The van der Waals surface area contributed by atoms with Crippen molar-refractivity contribution in [1.82, 2.24) is 5.32 Å². The summed E-state index contributed by atoms with van der Waals surface area (Å²) in [7, 11) is 0. The van der Waals surface area contributed by atoms with Crippen molar-refractivity contribution in [2.45, 2.75) is 32.4 Å². The van der Waals surface area contributed by atoms with E-state index in [2.05, 4.69) is 23.7 Å². The maximum atomic E-state index is 12.6. The fraction of sp³-hybridized carbons (Fsp3) is 0.333. The monoisotopic (exact) mass is 281 g/mol. The largest absolute Gasteiger partial charge is 0.305 e. The van der Waals surface area contributed by atoms with Gasteiger partial charge < -0.3 is 5.32 Å². The second-order valence-corrected chi connectivity index (χ2v) is 5.38. The second kappa shape index (κ2) is 6.78. The maximum absolute atomic E-state index is 12.6. The van der Waals surface area contributed by atoms with Crippen LogP contribution in [-0.4, -0.2) is 0 Å². The lowest BCUT2D eigenvalue weighted by Gasteiger charge is -2.15. The van der Waals surface area contributed by atoms with Gasteiger partial charge in [-0.25, -0.2) is 8.78 Å². The Bertz CT molecular complexity index is 497. The summed E-state index contributed by atoms with van der Waals surface area (Å²) in [5.74, 6) is 0. The van der Waals surface area contributed by atoms with Crippen molar-refractivity contribution in [3.05, 3.63) is 57.8 Å². The molecule has 0 spiro atoms. The molecule has 1 unspecified atom stereocenters. The van der Waals surface area contributed by atoms with Crippen LogP contribution in [0.25, 0.3) is 0 Å². The first kappa shape index (κ1) is 14.2. The number of halogens is 2. The lowest BCUT2D eigenvalue weighted by molar-refractivity contribution is 0.151. The van der Waals surface area contributed by atoms with Gasteiger partial charge in [0.2, 0.25) is 0 Å². The predicted molar refractivity (Wildman–Crippen MR) is 75.6 cm³/mol. The Hall–Kier alpha value is -1.26. The number of alkyl halides is 2. The molecule has 0 aliphatic carbocycles. The smallest absolute Gasteiger partial charge is 0.263 e. The van der Waals surface area contributed by atoms with Crippen molar-refractivity contribution in [3.63, 3.8) is 0 Å². The topological polar surface area (TPSA) is 12.0 Å². The Balaban J connectivity index is 1.99. The van der Waals surface area contributed by atoms with E-state index in [9.17, 15) is 8.78 Å². The summed E-state index contributed by atoms with van der Waals surface area (Å²) in [5, 5.41) is 5.47. The van der Waals surface area contributed by atoms with E-state index in [1.807, 2.05) is 12.1 Å². The van der Waals surface area contributed by atoms with Crippen LogP contribution < -0.4 is 5.32 Å². The van der Waals surface area contributed by atoms with Gasteiger partial charge in [-0.05, 0) is 29.5 Å². The Morgan fingerprint density at radius 2 is 2.05 bits per heavy atom. The summed E-state index contributed by atoms with van der Waals surface area (Å²) in [5.41, 5.74) is 0.983. The van der Waals surface area contributed by atoms with Crippen LogP contribution in [0, 0.1) is 0 Å². The van der Waals surface area contributed by atoms with Crippen LogP contribution in [0.5, 0.6) is 0 Å². The molecule has 0 saturated heterocycles. The van der Waals surface area contributed by atoms with E-state index < -0.39 is 6.43 Å². The zero-order valence-electron chi connectivity index (χ0n) is 10.8. The van der Waals surface area contributed by atoms with Gasteiger partial charge in [-0.1, -0.05) is 31.2 Å². The molecule has 1 aromatic heterocycles. The van der Waals surface area contributed by atoms with Gasteiger partial charge in [0, 0.05) is 23.0 Å². The zero-order valence-corrected chi connectivity index (χ0v) is 11.6. The van der Waals surface area contributed by atoms with Gasteiger partial charge in [0.05, 0.1) is 0 Å². The molecule has 0 saturated carbocycles. The second-order valence-electron chi connectivity index (χ2n) is 4.40. The van der Waals surface area contributed by atoms with Crippen molar-refractivity contribution >= 4 is 11.3 Å². The minimum absolute atomic E-state index is 0.0865. The zero-order chi connectivity index (χ0) is 13.7. The van der Waals surface area contributed by atoms with E-state index in [0.717, 1.165) is 12.0 Å². The van der Waals surface area contributed by atoms with E-state index in [4.69, 9.17) is 0 Å². The lowest BCUT2D eigenvalue weighted by atomic mass is 10.1. The van der Waals surface area contributed by atoms with Crippen molar-refractivity contribution in [2.75, 3.05) is 0 Å². The molecular formula is C15H17F2NS. The van der Waals surface area contributed by atoms with Crippen molar-refractivity contribution in [1.29, 1.82) is 0 Å². The molecule has 0 aliphatic rings. The van der Waals surface area contributed by atoms with Gasteiger partial charge in [0.1, 0.15) is 0 Å². The first-order valence-corrected chi connectivity index (χ1v) is 7.22. The highest BCUT2D eigenvalue weighted by Gasteiger charge is 2.11. The van der Waals surface area contributed by atoms with Crippen molar-refractivity contribution in [2.24, 2.45) is 0 Å². The molecule has 19 heavy (non-hydrogen) atoms. The number of thiophene rings is 1. The fourth-order valence-corrected chi connectivity index (χ4v) is 2.90. The average molecular weight is 281 g/mol. The third-order valence-electron chi connectivity index (χ3n) is 3.05. The highest BCUT2D eigenvalue weighted by Crippen LogP contribution is 2.23. The molecule has 2 rings (SSSR count). The van der Waals surface area contributed by atoms with Gasteiger partial charge in [0.25, 0.3) is 6.43 Å². The van der Waals surface area contributed by atoms with Crippen LogP contribution in [0.1, 0.15) is 41.8 Å². The predicted octanol–water partition coefficient (Wildman–Crippen LogP) is 4.93. The Labute approximate surface area is 116 Å². The summed E-state index contributed by atoms with van der Waals surface area (Å²) in [4.78, 5) is 1.28. The van der Waals surface area contributed by atoms with Gasteiger partial charge in [-0.3, -0.25) is 0 Å². The Kier molecular flexibility index (Phi) is 5.05. The molecule has 1 aromatic carbocycles. The van der Waals surface area contributed by atoms with E-state index >= 15 is 0 Å². The van der Waals surface area contributed by atoms with Crippen LogP contribution in [0.15, 0.2) is 41.8 Å². The van der Waals surface area contributed by atoms with Crippen LogP contribution >= 0.6 is 11.3 Å². The summed E-state index contributed by atoms with van der Waals surface area (Å²) in [6.45, 7) is 2.73. The fourth-order valence-electron chi connectivity index (χ4n) is 2.02. The molecule has 0 aliphatic heterocycles. The minimum Gasteiger partial charge on any atom is -0.305 e. The molecule has 1 nitrogen and oxygen atoms in total. The molecule has 1 atom stereocenters. The summed E-state index contributed by atoms with van der Waals surface area (Å²) < 4.78 is 25.2. The first-order chi connectivity index (χ1) is 9.20. The number of benzene rings is 1. The number of hydrogen-bond acceptors (Lipinski definition) is 2. The molecule has 1 N–H and O–H groups in total. The standard InChI is InChI=1S/C15H17F2NS/c1-2-13(14-7-4-8-19-14)18-10-11-5-3-6-12(9-11)15(16)17/h3-9,13,15,18H,2,10H2,1H3. The third-order valence-corrected chi connectivity index (χ3v) is 4.04. The van der Waals surface area contributed by atoms with E-state index in [0.29, 0.717) is 6.54 Å². The number of nitrogens with one attached hydrogen (secondary N) is 1. The van der Waals surface area contributed by atoms with Gasteiger partial charge >= 0.3 is 0 Å². The molecule has 0 amide bonds. The lowest BCUT2D eigenvalue weighted by Crippen LogP contribution is -2.19. The molecule has 2 aromatic rings. The third kappa shape index (κ3) is 3.85. The van der Waals surface area contributed by atoms with Crippen LogP contribution in [0.2, 0.25) is 0 Å². The average Bonchev–Trinajstić information content (AvgIpc) is 2.94. The van der Waals surface area contributed by atoms with Crippen molar-refractivity contribution < 1.29 is 8.78 Å². The molecular weight excluding hydrogens is 264 g/mol. The first-order valence-electron chi connectivity index (χ1n) is 6.34. The summed E-state index contributed by atoms with van der Waals surface area (Å²) >= 11 is 1.72. The van der Waals surface area contributed by atoms with E-state index in [1.54, 1.807) is 23.5 Å². The quantitative estimate of drug-likeness (QED) is 0.792. The van der Waals surface area contributed by atoms with E-state index in [1.165, 1.54) is 10.9 Å². The number of rotatable bonds is 6. The van der Waals surface area contributed by atoms with Gasteiger partial charge in [0.15, 0.2) is 0 Å². The van der Waals surface area contributed by atoms with Gasteiger partial charge in [-0.2, -0.15) is 0 Å².